The van der Waals surface area contributed by atoms with Gasteiger partial charge in [-0.2, -0.15) is 0 Å². The van der Waals surface area contributed by atoms with Crippen LogP contribution in [-0.4, -0.2) is 23.8 Å². The first-order valence-corrected chi connectivity index (χ1v) is 7.70. The normalized spacial score (nSPS) is 11.2. The highest BCUT2D eigenvalue weighted by Crippen LogP contribution is 2.30. The molecule has 6 heteroatoms. The van der Waals surface area contributed by atoms with Crippen molar-refractivity contribution >= 4 is 40.3 Å². The lowest BCUT2D eigenvalue weighted by atomic mass is 10.2. The quantitative estimate of drug-likeness (QED) is 0.721. The van der Waals surface area contributed by atoms with E-state index < -0.39 is 5.91 Å². The molecule has 122 valence electrons. The second kappa shape index (κ2) is 6.76. The maximum absolute atomic E-state index is 11.3. The Labute approximate surface area is 144 Å². The zero-order valence-electron chi connectivity index (χ0n) is 13.1. The number of hydrogen-bond acceptors (Lipinski definition) is 3. The monoisotopic (exact) mass is 341 g/mol. The van der Waals surface area contributed by atoms with E-state index in [1.165, 1.54) is 0 Å². The van der Waals surface area contributed by atoms with Crippen LogP contribution in [0.5, 0.6) is 5.75 Å². The highest BCUT2D eigenvalue weighted by molar-refractivity contribution is 6.30. The largest absolute Gasteiger partial charge is 0.494 e. The summed E-state index contributed by atoms with van der Waals surface area (Å²) in [7, 11) is 1.58. The summed E-state index contributed by atoms with van der Waals surface area (Å²) in [5.74, 6) is 0.243. The number of aromatic nitrogens is 1. The standard InChI is InChI=1S/C18H16ClN3O2/c1-24-17-7-6-13(19)8-15(17)21-9-12-10-22(11-18(20)23)16-5-3-2-4-14(12)16/h2-10H,11H2,1H3,(H2,20,23). The van der Waals surface area contributed by atoms with Gasteiger partial charge in [0.05, 0.1) is 7.11 Å². The molecule has 24 heavy (non-hydrogen) atoms. The van der Waals surface area contributed by atoms with Crippen molar-refractivity contribution in [1.82, 2.24) is 4.57 Å². The summed E-state index contributed by atoms with van der Waals surface area (Å²) in [5, 5.41) is 1.57. The molecule has 0 spiro atoms. The first kappa shape index (κ1) is 16.1. The van der Waals surface area contributed by atoms with Crippen molar-refractivity contribution in [3.63, 3.8) is 0 Å². The second-order valence-electron chi connectivity index (χ2n) is 5.27. The first-order chi connectivity index (χ1) is 11.6. The number of para-hydroxylation sites is 1. The van der Waals surface area contributed by atoms with E-state index in [1.54, 1.807) is 31.5 Å². The Kier molecular flexibility index (Phi) is 4.53. The number of ether oxygens (including phenoxy) is 1. The Morgan fingerprint density at radius 3 is 2.88 bits per heavy atom. The third-order valence-electron chi connectivity index (χ3n) is 3.63. The van der Waals surface area contributed by atoms with Crippen LogP contribution in [0.4, 0.5) is 5.69 Å². The smallest absolute Gasteiger partial charge is 0.237 e. The Balaban J connectivity index is 2.04. The molecule has 0 aliphatic rings. The molecular weight excluding hydrogens is 326 g/mol. The molecule has 2 N–H and O–H groups in total. The minimum atomic E-state index is -0.393. The van der Waals surface area contributed by atoms with E-state index in [-0.39, 0.29) is 6.54 Å². The van der Waals surface area contributed by atoms with Gasteiger partial charge in [0.15, 0.2) is 0 Å². The number of aliphatic imine (C=N–C) groups is 1. The van der Waals surface area contributed by atoms with Gasteiger partial charge in [-0.05, 0) is 24.3 Å². The van der Waals surface area contributed by atoms with E-state index in [0.29, 0.717) is 16.5 Å². The van der Waals surface area contributed by atoms with Crippen molar-refractivity contribution in [3.05, 3.63) is 59.2 Å². The number of nitrogens with zero attached hydrogens (tertiary/aromatic N) is 2. The van der Waals surface area contributed by atoms with E-state index >= 15 is 0 Å². The number of fused-ring (bicyclic) bond motifs is 1. The molecule has 0 saturated heterocycles. The summed E-state index contributed by atoms with van der Waals surface area (Å²) in [6, 6.07) is 13.0. The molecule has 3 aromatic rings. The molecule has 0 bridgehead atoms. The Morgan fingerprint density at radius 1 is 1.33 bits per heavy atom. The summed E-state index contributed by atoms with van der Waals surface area (Å²) in [6.45, 7) is 0.120. The second-order valence-corrected chi connectivity index (χ2v) is 5.71. The summed E-state index contributed by atoms with van der Waals surface area (Å²) >= 11 is 6.03. The molecule has 5 nitrogen and oxygen atoms in total. The van der Waals surface area contributed by atoms with E-state index in [9.17, 15) is 4.79 Å². The summed E-state index contributed by atoms with van der Waals surface area (Å²) < 4.78 is 7.11. The minimum Gasteiger partial charge on any atom is -0.494 e. The molecule has 0 saturated carbocycles. The van der Waals surface area contributed by atoms with Crippen LogP contribution in [0, 0.1) is 0 Å². The number of hydrogen-bond donors (Lipinski definition) is 1. The van der Waals surface area contributed by atoms with Gasteiger partial charge in [-0.1, -0.05) is 29.8 Å². The summed E-state index contributed by atoms with van der Waals surface area (Å²) in [6.07, 6.45) is 3.59. The number of rotatable bonds is 5. The Hall–Kier alpha value is -2.79. The van der Waals surface area contributed by atoms with E-state index in [4.69, 9.17) is 22.1 Å². The van der Waals surface area contributed by atoms with E-state index in [0.717, 1.165) is 16.5 Å². The van der Waals surface area contributed by atoms with Crippen molar-refractivity contribution < 1.29 is 9.53 Å². The maximum atomic E-state index is 11.3. The Bertz CT molecular complexity index is 931. The first-order valence-electron chi connectivity index (χ1n) is 7.32. The van der Waals surface area contributed by atoms with Gasteiger partial charge in [0.25, 0.3) is 0 Å². The average molecular weight is 342 g/mol. The Morgan fingerprint density at radius 2 is 2.12 bits per heavy atom. The number of amides is 1. The van der Waals surface area contributed by atoms with E-state index in [1.807, 2.05) is 35.0 Å². The molecule has 2 aromatic carbocycles. The predicted molar refractivity (Wildman–Crippen MR) is 96.4 cm³/mol. The van der Waals surface area contributed by atoms with Gasteiger partial charge in [-0.15, -0.1) is 0 Å². The van der Waals surface area contributed by atoms with E-state index in [2.05, 4.69) is 4.99 Å². The lowest BCUT2D eigenvalue weighted by molar-refractivity contribution is -0.118. The van der Waals surface area contributed by atoms with Crippen LogP contribution in [0.3, 0.4) is 0 Å². The van der Waals surface area contributed by atoms with Crippen LogP contribution in [0.15, 0.2) is 53.7 Å². The fourth-order valence-electron chi connectivity index (χ4n) is 2.58. The number of methoxy groups -OCH3 is 1. The topological polar surface area (TPSA) is 69.6 Å². The third kappa shape index (κ3) is 3.26. The lowest BCUT2D eigenvalue weighted by Gasteiger charge is -2.03. The predicted octanol–water partition coefficient (Wildman–Crippen LogP) is 3.54. The van der Waals surface area contributed by atoms with Crippen molar-refractivity contribution in [3.8, 4) is 5.75 Å². The van der Waals surface area contributed by atoms with Crippen LogP contribution in [0.2, 0.25) is 5.02 Å². The summed E-state index contributed by atoms with van der Waals surface area (Å²) in [5.41, 5.74) is 7.77. The summed E-state index contributed by atoms with van der Waals surface area (Å²) in [4.78, 5) is 15.7. The molecule has 0 radical (unpaired) electrons. The van der Waals surface area contributed by atoms with Crippen LogP contribution in [0.1, 0.15) is 5.56 Å². The highest BCUT2D eigenvalue weighted by atomic mass is 35.5. The molecule has 1 aromatic heterocycles. The molecular formula is C18H16ClN3O2. The highest BCUT2D eigenvalue weighted by Gasteiger charge is 2.09. The average Bonchev–Trinajstić information content (AvgIpc) is 2.90. The number of carbonyl (C=O) groups excluding carboxylic acids is 1. The number of nitrogens with two attached hydrogens (primary N) is 1. The van der Waals surface area contributed by atoms with Gasteiger partial charge < -0.3 is 15.0 Å². The van der Waals surface area contributed by atoms with Crippen molar-refractivity contribution in [1.29, 1.82) is 0 Å². The molecule has 0 aliphatic heterocycles. The van der Waals surface area contributed by atoms with Crippen LogP contribution >= 0.6 is 11.6 Å². The zero-order valence-corrected chi connectivity index (χ0v) is 13.8. The van der Waals surface area contributed by atoms with Crippen molar-refractivity contribution in [2.45, 2.75) is 6.54 Å². The number of primary amides is 1. The fraction of sp³-hybridized carbons (Fsp3) is 0.111. The van der Waals surface area contributed by atoms with Gasteiger partial charge in [0.1, 0.15) is 18.0 Å². The van der Waals surface area contributed by atoms with Crippen LogP contribution in [-0.2, 0) is 11.3 Å². The maximum Gasteiger partial charge on any atom is 0.237 e. The van der Waals surface area contributed by atoms with Gasteiger partial charge in [-0.3, -0.25) is 9.79 Å². The number of benzene rings is 2. The molecule has 0 atom stereocenters. The van der Waals surface area contributed by atoms with Gasteiger partial charge in [0, 0.05) is 33.9 Å². The van der Waals surface area contributed by atoms with Crippen LogP contribution in [0.25, 0.3) is 10.9 Å². The van der Waals surface area contributed by atoms with Gasteiger partial charge in [0.2, 0.25) is 5.91 Å². The van der Waals surface area contributed by atoms with Gasteiger partial charge >= 0.3 is 0 Å². The van der Waals surface area contributed by atoms with Gasteiger partial charge in [-0.25, -0.2) is 0 Å². The molecule has 1 amide bonds. The third-order valence-corrected chi connectivity index (χ3v) is 3.86. The molecule has 0 aliphatic carbocycles. The van der Waals surface area contributed by atoms with Crippen LogP contribution < -0.4 is 10.5 Å². The lowest BCUT2D eigenvalue weighted by Crippen LogP contribution is -2.17. The van der Waals surface area contributed by atoms with Crippen molar-refractivity contribution in [2.24, 2.45) is 10.7 Å². The molecule has 3 rings (SSSR count). The molecule has 1 heterocycles. The SMILES string of the molecule is COc1ccc(Cl)cc1N=Cc1cn(CC(N)=O)c2ccccc12. The fourth-order valence-corrected chi connectivity index (χ4v) is 2.75. The molecule has 0 unspecified atom stereocenters. The van der Waals surface area contributed by atoms with Crippen molar-refractivity contribution in [2.75, 3.05) is 7.11 Å². The minimum absolute atomic E-state index is 0.120. The number of carbonyl (C=O) groups is 1. The number of halogens is 1. The zero-order chi connectivity index (χ0) is 17.1. The molecule has 0 fully saturated rings.